The summed E-state index contributed by atoms with van der Waals surface area (Å²) in [4.78, 5) is 11.9. The molecule has 0 radical (unpaired) electrons. The van der Waals surface area contributed by atoms with Crippen LogP contribution in [-0.2, 0) is 9.47 Å². The third kappa shape index (κ3) is 4.58. The number of benzene rings is 2. The van der Waals surface area contributed by atoms with Crippen molar-refractivity contribution in [3.8, 4) is 0 Å². The maximum Gasteiger partial charge on any atom is 0.514 e. The molecule has 0 aliphatic carbocycles. The Morgan fingerprint density at radius 1 is 1.00 bits per heavy atom. The molecule has 0 saturated heterocycles. The highest BCUT2D eigenvalue weighted by Crippen LogP contribution is 2.30. The molecule has 0 amide bonds. The van der Waals surface area contributed by atoms with Gasteiger partial charge in [-0.05, 0) is 12.0 Å². The Kier molecular flexibility index (Phi) is 6.18. The molecule has 0 N–H and O–H groups in total. The molecule has 3 nitrogen and oxygen atoms in total. The molecule has 0 aromatic heterocycles. The van der Waals surface area contributed by atoms with Gasteiger partial charge in [-0.2, -0.15) is 0 Å². The molecule has 0 aliphatic rings. The van der Waals surface area contributed by atoms with Crippen molar-refractivity contribution in [1.82, 2.24) is 0 Å². The topological polar surface area (TPSA) is 35.5 Å². The van der Waals surface area contributed by atoms with Crippen molar-refractivity contribution in [2.45, 2.75) is 13.3 Å². The lowest BCUT2D eigenvalue weighted by atomic mass is 9.99. The molecule has 0 aliphatic heterocycles. The Morgan fingerprint density at radius 3 is 2.09 bits per heavy atom. The van der Waals surface area contributed by atoms with Crippen LogP contribution in [0.2, 0.25) is 0 Å². The number of carbonyl (C=O) groups excluding carboxylic acids is 1. The molecular formula is C20H20O3. The summed E-state index contributed by atoms with van der Waals surface area (Å²) in [6.45, 7) is 5.67. The van der Waals surface area contributed by atoms with Gasteiger partial charge in [-0.15, -0.1) is 0 Å². The highest BCUT2D eigenvalue weighted by atomic mass is 16.7. The Labute approximate surface area is 136 Å². The van der Waals surface area contributed by atoms with Gasteiger partial charge in [0.2, 0.25) is 0 Å². The van der Waals surface area contributed by atoms with E-state index in [1.165, 1.54) is 6.08 Å². The summed E-state index contributed by atoms with van der Waals surface area (Å²) in [5.41, 5.74) is 2.81. The zero-order chi connectivity index (χ0) is 16.5. The van der Waals surface area contributed by atoms with Crippen molar-refractivity contribution in [3.05, 3.63) is 84.4 Å². The molecule has 0 atom stereocenters. The van der Waals surface area contributed by atoms with Crippen LogP contribution in [0.15, 0.2) is 73.3 Å². The first-order valence-corrected chi connectivity index (χ1v) is 7.55. The molecule has 2 aromatic rings. The first-order chi connectivity index (χ1) is 11.3. The lowest BCUT2D eigenvalue weighted by Crippen LogP contribution is -2.08. The van der Waals surface area contributed by atoms with Crippen LogP contribution in [0, 0.1) is 0 Å². The molecule has 0 spiro atoms. The average molecular weight is 308 g/mol. The van der Waals surface area contributed by atoms with Gasteiger partial charge in [-0.3, -0.25) is 0 Å². The maximum absolute atomic E-state index is 11.9. The summed E-state index contributed by atoms with van der Waals surface area (Å²) < 4.78 is 10.5. The highest BCUT2D eigenvalue weighted by molar-refractivity contribution is 5.90. The van der Waals surface area contributed by atoms with Crippen LogP contribution in [0.25, 0.3) is 11.3 Å². The van der Waals surface area contributed by atoms with Gasteiger partial charge >= 0.3 is 6.16 Å². The first-order valence-electron chi connectivity index (χ1n) is 7.55. The summed E-state index contributed by atoms with van der Waals surface area (Å²) in [7, 11) is 0. The van der Waals surface area contributed by atoms with Gasteiger partial charge in [0, 0.05) is 11.1 Å². The summed E-state index contributed by atoms with van der Waals surface area (Å²) in [6, 6.07) is 19.4. The molecule has 0 fully saturated rings. The van der Waals surface area contributed by atoms with E-state index in [1.54, 1.807) is 0 Å². The lowest BCUT2D eigenvalue weighted by Gasteiger charge is -2.15. The minimum Gasteiger partial charge on any atom is -0.430 e. The monoisotopic (exact) mass is 308 g/mol. The van der Waals surface area contributed by atoms with Crippen molar-refractivity contribution in [2.75, 3.05) is 6.61 Å². The fraction of sp³-hybridized carbons (Fsp3) is 0.150. The first kappa shape index (κ1) is 16.6. The average Bonchev–Trinajstić information content (AvgIpc) is 2.61. The lowest BCUT2D eigenvalue weighted by molar-refractivity contribution is 0.101. The van der Waals surface area contributed by atoms with Crippen LogP contribution < -0.4 is 0 Å². The van der Waals surface area contributed by atoms with E-state index in [0.717, 1.165) is 23.1 Å². The fourth-order valence-corrected chi connectivity index (χ4v) is 2.26. The van der Waals surface area contributed by atoms with Gasteiger partial charge in [0.15, 0.2) is 0 Å². The van der Waals surface area contributed by atoms with E-state index in [9.17, 15) is 4.79 Å². The number of hydrogen-bond acceptors (Lipinski definition) is 3. The van der Waals surface area contributed by atoms with Crippen molar-refractivity contribution < 1.29 is 14.3 Å². The number of ether oxygens (including phenoxy) is 2. The maximum atomic E-state index is 11.9. The van der Waals surface area contributed by atoms with E-state index in [2.05, 4.69) is 6.58 Å². The number of carbonyl (C=O) groups is 1. The van der Waals surface area contributed by atoms with E-state index in [1.807, 2.05) is 67.6 Å². The smallest absolute Gasteiger partial charge is 0.430 e. The Balaban J connectivity index is 2.45. The standard InChI is InChI=1S/C20H20O3/c1-3-15-22-20(21)23-19(17-13-9-6-10-14-17)18(4-2)16-11-7-5-8-12-16/h3,5-14H,1,4,15H2,2H3/b19-18+. The summed E-state index contributed by atoms with van der Waals surface area (Å²) in [5, 5.41) is 0. The minimum absolute atomic E-state index is 0.119. The van der Waals surface area contributed by atoms with Gasteiger partial charge in [0.1, 0.15) is 12.4 Å². The Bertz CT molecular complexity index is 673. The Hall–Kier alpha value is -2.81. The van der Waals surface area contributed by atoms with Gasteiger partial charge in [0.25, 0.3) is 0 Å². The fourth-order valence-electron chi connectivity index (χ4n) is 2.26. The van der Waals surface area contributed by atoms with Crippen LogP contribution in [0.5, 0.6) is 0 Å². The quantitative estimate of drug-likeness (QED) is 0.314. The molecule has 2 rings (SSSR count). The minimum atomic E-state index is -0.731. The van der Waals surface area contributed by atoms with Crippen molar-refractivity contribution in [1.29, 1.82) is 0 Å². The third-order valence-corrected chi connectivity index (χ3v) is 3.29. The summed E-state index contributed by atoms with van der Waals surface area (Å²) in [6.07, 6.45) is 1.50. The predicted octanol–water partition coefficient (Wildman–Crippen LogP) is 5.30. The second kappa shape index (κ2) is 8.59. The van der Waals surface area contributed by atoms with Crippen LogP contribution >= 0.6 is 0 Å². The third-order valence-electron chi connectivity index (χ3n) is 3.29. The second-order valence-corrected chi connectivity index (χ2v) is 4.85. The van der Waals surface area contributed by atoms with E-state index in [4.69, 9.17) is 9.47 Å². The van der Waals surface area contributed by atoms with Gasteiger partial charge in [0.05, 0.1) is 0 Å². The van der Waals surface area contributed by atoms with Crippen LogP contribution in [-0.4, -0.2) is 12.8 Å². The molecule has 0 saturated carbocycles. The number of rotatable bonds is 6. The van der Waals surface area contributed by atoms with Gasteiger partial charge < -0.3 is 9.47 Å². The van der Waals surface area contributed by atoms with Crippen molar-refractivity contribution >= 4 is 17.5 Å². The zero-order valence-corrected chi connectivity index (χ0v) is 13.2. The Morgan fingerprint density at radius 2 is 1.57 bits per heavy atom. The highest BCUT2D eigenvalue weighted by Gasteiger charge is 2.16. The van der Waals surface area contributed by atoms with Crippen LogP contribution in [0.1, 0.15) is 24.5 Å². The molecule has 118 valence electrons. The van der Waals surface area contributed by atoms with Crippen molar-refractivity contribution in [3.63, 3.8) is 0 Å². The normalized spacial score (nSPS) is 11.3. The molecule has 23 heavy (non-hydrogen) atoms. The van der Waals surface area contributed by atoms with Gasteiger partial charge in [-0.25, -0.2) is 4.79 Å². The molecular weight excluding hydrogens is 288 g/mol. The van der Waals surface area contributed by atoms with E-state index in [0.29, 0.717) is 5.76 Å². The summed E-state index contributed by atoms with van der Waals surface area (Å²) >= 11 is 0. The second-order valence-electron chi connectivity index (χ2n) is 4.85. The molecule has 0 bridgehead atoms. The predicted molar refractivity (Wildman–Crippen MR) is 92.6 cm³/mol. The molecule has 0 heterocycles. The SMILES string of the molecule is C=CCOC(=O)O/C(=C(\CC)c1ccccc1)c1ccccc1. The van der Waals surface area contributed by atoms with Gasteiger partial charge in [-0.1, -0.05) is 80.2 Å². The largest absolute Gasteiger partial charge is 0.514 e. The number of allylic oxidation sites excluding steroid dienone is 1. The number of hydrogen-bond donors (Lipinski definition) is 0. The zero-order valence-electron chi connectivity index (χ0n) is 13.2. The molecule has 3 heteroatoms. The van der Waals surface area contributed by atoms with Crippen LogP contribution in [0.4, 0.5) is 4.79 Å². The molecule has 0 unspecified atom stereocenters. The van der Waals surface area contributed by atoms with Crippen LogP contribution in [0.3, 0.4) is 0 Å². The van der Waals surface area contributed by atoms with E-state index >= 15 is 0 Å². The molecule has 2 aromatic carbocycles. The van der Waals surface area contributed by atoms with E-state index in [-0.39, 0.29) is 6.61 Å². The van der Waals surface area contributed by atoms with E-state index < -0.39 is 6.16 Å². The van der Waals surface area contributed by atoms with Crippen molar-refractivity contribution in [2.24, 2.45) is 0 Å². The summed E-state index contributed by atoms with van der Waals surface area (Å²) in [5.74, 6) is 0.522.